The Hall–Kier alpha value is -2.69. The summed E-state index contributed by atoms with van der Waals surface area (Å²) in [5.41, 5.74) is 2.31. The lowest BCUT2D eigenvalue weighted by Gasteiger charge is -2.31. The summed E-state index contributed by atoms with van der Waals surface area (Å²) in [7, 11) is 0. The first-order chi connectivity index (χ1) is 12.5. The number of nitrogens with one attached hydrogen (secondary N) is 1. The van der Waals surface area contributed by atoms with E-state index in [9.17, 15) is 14.0 Å². The minimum absolute atomic E-state index is 0.0146. The van der Waals surface area contributed by atoms with Gasteiger partial charge in [0.2, 0.25) is 5.91 Å². The van der Waals surface area contributed by atoms with Crippen molar-refractivity contribution in [2.45, 2.75) is 39.4 Å². The maximum Gasteiger partial charge on any atom is 0.255 e. The lowest BCUT2D eigenvalue weighted by Crippen LogP contribution is -2.50. The van der Waals surface area contributed by atoms with Gasteiger partial charge in [-0.1, -0.05) is 50.6 Å². The Morgan fingerprint density at radius 1 is 1.23 bits per heavy atom. The van der Waals surface area contributed by atoms with Gasteiger partial charge in [0.15, 0.2) is 0 Å². The smallest absolute Gasteiger partial charge is 0.255 e. The third kappa shape index (κ3) is 3.62. The summed E-state index contributed by atoms with van der Waals surface area (Å²) in [5, 5.41) is 2.87. The highest BCUT2D eigenvalue weighted by Gasteiger charge is 2.38. The summed E-state index contributed by atoms with van der Waals surface area (Å²) < 4.78 is 13.3. The molecule has 3 rings (SSSR count). The molecule has 0 bridgehead atoms. The van der Waals surface area contributed by atoms with Gasteiger partial charge in [-0.15, -0.1) is 0 Å². The largest absolute Gasteiger partial charge is 0.350 e. The summed E-state index contributed by atoms with van der Waals surface area (Å²) in [6, 6.07) is 13.1. The van der Waals surface area contributed by atoms with E-state index < -0.39 is 6.04 Å². The zero-order chi connectivity index (χ0) is 18.7. The quantitative estimate of drug-likeness (QED) is 0.863. The van der Waals surface area contributed by atoms with Gasteiger partial charge in [-0.2, -0.15) is 0 Å². The van der Waals surface area contributed by atoms with Gasteiger partial charge in [0, 0.05) is 18.7 Å². The van der Waals surface area contributed by atoms with Gasteiger partial charge in [0.05, 0.1) is 0 Å². The maximum absolute atomic E-state index is 13.3. The average molecular weight is 354 g/mol. The molecule has 0 saturated heterocycles. The van der Waals surface area contributed by atoms with Crippen LogP contribution < -0.4 is 5.32 Å². The fourth-order valence-corrected chi connectivity index (χ4v) is 3.37. The molecule has 2 atom stereocenters. The van der Waals surface area contributed by atoms with Crippen LogP contribution in [0.25, 0.3) is 0 Å². The first-order valence-electron chi connectivity index (χ1n) is 8.92. The van der Waals surface area contributed by atoms with Crippen molar-refractivity contribution in [2.24, 2.45) is 5.92 Å². The predicted octanol–water partition coefficient (Wildman–Crippen LogP) is 3.51. The van der Waals surface area contributed by atoms with Crippen LogP contribution in [0.1, 0.15) is 41.8 Å². The van der Waals surface area contributed by atoms with Crippen molar-refractivity contribution in [1.29, 1.82) is 0 Å². The van der Waals surface area contributed by atoms with Crippen molar-refractivity contribution in [1.82, 2.24) is 10.2 Å². The van der Waals surface area contributed by atoms with E-state index in [0.717, 1.165) is 12.0 Å². The Bertz CT molecular complexity index is 821. The van der Waals surface area contributed by atoms with E-state index in [1.54, 1.807) is 23.1 Å². The first-order valence-corrected chi connectivity index (χ1v) is 8.92. The van der Waals surface area contributed by atoms with E-state index in [4.69, 9.17) is 0 Å². The number of nitrogens with zero attached hydrogens (tertiary/aromatic N) is 1. The number of fused-ring (bicyclic) bond motifs is 1. The second-order valence-corrected chi connectivity index (χ2v) is 6.77. The highest BCUT2D eigenvalue weighted by molar-refractivity contribution is 6.01. The molecule has 0 unspecified atom stereocenters. The summed E-state index contributed by atoms with van der Waals surface area (Å²) in [4.78, 5) is 27.3. The normalized spacial score (nSPS) is 15.5. The number of rotatable bonds is 6. The molecule has 136 valence electrons. The van der Waals surface area contributed by atoms with Gasteiger partial charge in [-0.05, 0) is 35.2 Å². The topological polar surface area (TPSA) is 49.4 Å². The van der Waals surface area contributed by atoms with Crippen molar-refractivity contribution in [3.63, 3.8) is 0 Å². The summed E-state index contributed by atoms with van der Waals surface area (Å²) in [5.74, 6) is -0.627. The second kappa shape index (κ2) is 7.68. The van der Waals surface area contributed by atoms with Gasteiger partial charge >= 0.3 is 0 Å². The number of hydrogen-bond acceptors (Lipinski definition) is 2. The van der Waals surface area contributed by atoms with Crippen LogP contribution in [0.15, 0.2) is 48.5 Å². The van der Waals surface area contributed by atoms with Crippen molar-refractivity contribution in [2.75, 3.05) is 0 Å². The van der Waals surface area contributed by atoms with E-state index in [1.807, 2.05) is 32.0 Å². The fraction of sp³-hybridized carbons (Fsp3) is 0.333. The van der Waals surface area contributed by atoms with Crippen LogP contribution in [0, 0.1) is 11.7 Å². The lowest BCUT2D eigenvalue weighted by molar-refractivity contribution is -0.127. The van der Waals surface area contributed by atoms with Crippen LogP contribution in [0.4, 0.5) is 4.39 Å². The number of hydrogen-bond donors (Lipinski definition) is 1. The van der Waals surface area contributed by atoms with E-state index in [-0.39, 0.29) is 30.1 Å². The van der Waals surface area contributed by atoms with E-state index in [0.29, 0.717) is 17.7 Å². The molecule has 2 aromatic rings. The molecule has 2 amide bonds. The number of amides is 2. The lowest BCUT2D eigenvalue weighted by atomic mass is 9.96. The van der Waals surface area contributed by atoms with Gasteiger partial charge in [0.1, 0.15) is 11.9 Å². The molecule has 5 heteroatoms. The van der Waals surface area contributed by atoms with Crippen molar-refractivity contribution in [3.05, 3.63) is 71.0 Å². The molecule has 0 spiro atoms. The van der Waals surface area contributed by atoms with Crippen LogP contribution >= 0.6 is 0 Å². The summed E-state index contributed by atoms with van der Waals surface area (Å²) in [6.07, 6.45) is 0.776. The zero-order valence-electron chi connectivity index (χ0n) is 15.0. The fourth-order valence-electron chi connectivity index (χ4n) is 3.37. The number of carbonyl (C=O) groups is 2. The van der Waals surface area contributed by atoms with Crippen molar-refractivity contribution >= 4 is 11.8 Å². The molecule has 0 fully saturated rings. The molecular formula is C21H23FN2O2. The Balaban J connectivity index is 1.76. The third-order valence-corrected chi connectivity index (χ3v) is 4.99. The molecule has 2 aromatic carbocycles. The molecular weight excluding hydrogens is 331 g/mol. The SMILES string of the molecule is CC[C@H](C)[C@H](C(=O)NCc1cccc(F)c1)N1Cc2ccccc2C1=O. The van der Waals surface area contributed by atoms with Gasteiger partial charge in [0.25, 0.3) is 5.91 Å². The van der Waals surface area contributed by atoms with Crippen LogP contribution in [-0.4, -0.2) is 22.8 Å². The average Bonchev–Trinajstić information content (AvgIpc) is 2.97. The number of carbonyl (C=O) groups excluding carboxylic acids is 2. The van der Waals surface area contributed by atoms with E-state index in [2.05, 4.69) is 5.32 Å². The van der Waals surface area contributed by atoms with Gasteiger partial charge < -0.3 is 10.2 Å². The summed E-state index contributed by atoms with van der Waals surface area (Å²) in [6.45, 7) is 4.66. The first kappa shape index (κ1) is 18.1. The standard InChI is InChI=1S/C21H23FN2O2/c1-3-14(2)19(20(25)23-12-15-7-6-9-17(22)11-15)24-13-16-8-4-5-10-18(16)21(24)26/h4-11,14,19H,3,12-13H2,1-2H3,(H,23,25)/t14-,19+/m0/s1. The van der Waals surface area contributed by atoms with E-state index >= 15 is 0 Å². The van der Waals surface area contributed by atoms with Crippen molar-refractivity contribution in [3.8, 4) is 0 Å². The molecule has 0 radical (unpaired) electrons. The summed E-state index contributed by atoms with van der Waals surface area (Å²) >= 11 is 0. The second-order valence-electron chi connectivity index (χ2n) is 6.77. The molecule has 1 heterocycles. The minimum atomic E-state index is -0.548. The Kier molecular flexibility index (Phi) is 5.35. The Labute approximate surface area is 153 Å². The molecule has 0 aromatic heterocycles. The number of benzene rings is 2. The van der Waals surface area contributed by atoms with Gasteiger partial charge in [-0.25, -0.2) is 4.39 Å². The van der Waals surface area contributed by atoms with Crippen molar-refractivity contribution < 1.29 is 14.0 Å². The monoisotopic (exact) mass is 354 g/mol. The Morgan fingerprint density at radius 2 is 2.00 bits per heavy atom. The maximum atomic E-state index is 13.3. The molecule has 1 aliphatic rings. The molecule has 0 saturated carbocycles. The molecule has 1 aliphatic heterocycles. The van der Waals surface area contributed by atoms with Crippen LogP contribution in [0.5, 0.6) is 0 Å². The third-order valence-electron chi connectivity index (χ3n) is 4.99. The highest BCUT2D eigenvalue weighted by Crippen LogP contribution is 2.28. The molecule has 4 nitrogen and oxygen atoms in total. The Morgan fingerprint density at radius 3 is 2.69 bits per heavy atom. The zero-order valence-corrected chi connectivity index (χ0v) is 15.0. The molecule has 1 N–H and O–H groups in total. The molecule has 0 aliphatic carbocycles. The van der Waals surface area contributed by atoms with Gasteiger partial charge in [-0.3, -0.25) is 9.59 Å². The van der Waals surface area contributed by atoms with Crippen LogP contribution in [0.3, 0.4) is 0 Å². The van der Waals surface area contributed by atoms with Crippen LogP contribution in [0.2, 0.25) is 0 Å². The van der Waals surface area contributed by atoms with Crippen LogP contribution in [-0.2, 0) is 17.9 Å². The molecule has 26 heavy (non-hydrogen) atoms. The minimum Gasteiger partial charge on any atom is -0.350 e. The predicted molar refractivity (Wildman–Crippen MR) is 97.8 cm³/mol. The highest BCUT2D eigenvalue weighted by atomic mass is 19.1. The van der Waals surface area contributed by atoms with E-state index in [1.165, 1.54) is 12.1 Å². The number of halogens is 1.